The van der Waals surface area contributed by atoms with Gasteiger partial charge in [-0.2, -0.15) is 4.98 Å². The second kappa shape index (κ2) is 6.02. The summed E-state index contributed by atoms with van der Waals surface area (Å²) < 4.78 is 9.98. The van der Waals surface area contributed by atoms with E-state index in [-0.39, 0.29) is 0 Å². The Morgan fingerprint density at radius 3 is 3.18 bits per heavy atom. The summed E-state index contributed by atoms with van der Waals surface area (Å²) >= 11 is 0. The molecular weight excluding hydrogens is 222 g/mol. The van der Waals surface area contributed by atoms with E-state index in [1.54, 1.807) is 19.4 Å². The Morgan fingerprint density at radius 1 is 1.47 bits per heavy atom. The van der Waals surface area contributed by atoms with Crippen LogP contribution in [0.5, 0.6) is 0 Å². The van der Waals surface area contributed by atoms with Crippen LogP contribution in [0, 0.1) is 0 Å². The number of rotatable bonds is 6. The molecule has 0 aromatic carbocycles. The molecular formula is C10H13N5O2. The van der Waals surface area contributed by atoms with Gasteiger partial charge in [-0.15, -0.1) is 0 Å². The van der Waals surface area contributed by atoms with Crippen molar-refractivity contribution in [1.82, 2.24) is 25.4 Å². The summed E-state index contributed by atoms with van der Waals surface area (Å²) in [6, 6.07) is 1.73. The van der Waals surface area contributed by atoms with Crippen LogP contribution in [0.1, 0.15) is 5.89 Å². The van der Waals surface area contributed by atoms with Crippen molar-refractivity contribution in [3.8, 4) is 11.5 Å². The van der Waals surface area contributed by atoms with Crippen LogP contribution >= 0.6 is 0 Å². The molecule has 2 aromatic rings. The van der Waals surface area contributed by atoms with E-state index in [0.29, 0.717) is 30.6 Å². The predicted octanol–water partition coefficient (Wildman–Crippen LogP) is 0.263. The second-order valence-corrected chi connectivity index (χ2v) is 3.28. The normalized spacial score (nSPS) is 10.6. The molecule has 2 aromatic heterocycles. The number of ether oxygens (including phenoxy) is 1. The molecule has 0 aliphatic rings. The highest BCUT2D eigenvalue weighted by molar-refractivity contribution is 5.46. The van der Waals surface area contributed by atoms with Crippen molar-refractivity contribution in [3.05, 3.63) is 24.5 Å². The first kappa shape index (κ1) is 11.6. The number of aromatic nitrogens is 4. The summed E-state index contributed by atoms with van der Waals surface area (Å²) in [5, 5.41) is 6.95. The molecule has 7 heteroatoms. The third-order valence-corrected chi connectivity index (χ3v) is 2.04. The number of nitrogens with zero attached hydrogens (tertiary/aromatic N) is 4. The first-order valence-corrected chi connectivity index (χ1v) is 5.19. The molecule has 2 heterocycles. The Kier molecular flexibility index (Phi) is 4.11. The molecule has 0 aliphatic carbocycles. The molecule has 0 saturated carbocycles. The minimum atomic E-state index is 0.468. The SMILES string of the molecule is COCCNCc1nc(-c2ccncn2)no1. The van der Waals surface area contributed by atoms with Gasteiger partial charge in [-0.1, -0.05) is 5.16 Å². The average molecular weight is 235 g/mol. The van der Waals surface area contributed by atoms with Gasteiger partial charge in [-0.05, 0) is 6.07 Å². The van der Waals surface area contributed by atoms with E-state index in [1.165, 1.54) is 6.33 Å². The van der Waals surface area contributed by atoms with E-state index in [0.717, 1.165) is 6.54 Å². The van der Waals surface area contributed by atoms with Gasteiger partial charge in [0.2, 0.25) is 11.7 Å². The van der Waals surface area contributed by atoms with E-state index in [2.05, 4.69) is 25.4 Å². The lowest BCUT2D eigenvalue weighted by atomic mass is 10.4. The maximum atomic E-state index is 5.07. The predicted molar refractivity (Wildman–Crippen MR) is 58.9 cm³/mol. The summed E-state index contributed by atoms with van der Waals surface area (Å²) in [5.41, 5.74) is 0.645. The quantitative estimate of drug-likeness (QED) is 0.719. The number of nitrogens with one attached hydrogen (secondary N) is 1. The first-order chi connectivity index (χ1) is 8.40. The van der Waals surface area contributed by atoms with Crippen LogP contribution in [-0.2, 0) is 11.3 Å². The topological polar surface area (TPSA) is 86.0 Å². The Hall–Kier alpha value is -1.86. The van der Waals surface area contributed by atoms with Gasteiger partial charge >= 0.3 is 0 Å². The van der Waals surface area contributed by atoms with Crippen LogP contribution in [0.4, 0.5) is 0 Å². The highest BCUT2D eigenvalue weighted by Gasteiger charge is 2.08. The summed E-state index contributed by atoms with van der Waals surface area (Å²) in [7, 11) is 1.65. The molecule has 2 rings (SSSR count). The molecule has 0 radical (unpaired) electrons. The zero-order valence-electron chi connectivity index (χ0n) is 9.46. The zero-order chi connectivity index (χ0) is 11.9. The molecule has 0 atom stereocenters. The van der Waals surface area contributed by atoms with Gasteiger partial charge < -0.3 is 14.6 Å². The fourth-order valence-electron chi connectivity index (χ4n) is 1.22. The number of hydrogen-bond donors (Lipinski definition) is 1. The smallest absolute Gasteiger partial charge is 0.240 e. The van der Waals surface area contributed by atoms with Gasteiger partial charge in [-0.3, -0.25) is 0 Å². The Morgan fingerprint density at radius 2 is 2.41 bits per heavy atom. The molecule has 7 nitrogen and oxygen atoms in total. The Labute approximate surface area is 98.2 Å². The monoisotopic (exact) mass is 235 g/mol. The lowest BCUT2D eigenvalue weighted by Crippen LogP contribution is -2.18. The summed E-state index contributed by atoms with van der Waals surface area (Å²) in [6.07, 6.45) is 3.08. The van der Waals surface area contributed by atoms with E-state index < -0.39 is 0 Å². The minimum Gasteiger partial charge on any atom is -0.383 e. The molecule has 0 saturated heterocycles. The maximum Gasteiger partial charge on any atom is 0.240 e. The average Bonchev–Trinajstić information content (AvgIpc) is 2.85. The molecule has 0 spiro atoms. The molecule has 0 bridgehead atoms. The summed E-state index contributed by atoms with van der Waals surface area (Å²) in [5.74, 6) is 0.991. The summed E-state index contributed by atoms with van der Waals surface area (Å²) in [4.78, 5) is 12.1. The second-order valence-electron chi connectivity index (χ2n) is 3.28. The fraction of sp³-hybridized carbons (Fsp3) is 0.400. The highest BCUT2D eigenvalue weighted by atomic mass is 16.5. The zero-order valence-corrected chi connectivity index (χ0v) is 9.46. The molecule has 17 heavy (non-hydrogen) atoms. The lowest BCUT2D eigenvalue weighted by molar-refractivity contribution is 0.197. The van der Waals surface area contributed by atoms with E-state index in [4.69, 9.17) is 9.26 Å². The highest BCUT2D eigenvalue weighted by Crippen LogP contribution is 2.10. The van der Waals surface area contributed by atoms with Gasteiger partial charge in [0.05, 0.1) is 13.2 Å². The molecule has 0 amide bonds. The fourth-order valence-corrected chi connectivity index (χ4v) is 1.22. The van der Waals surface area contributed by atoms with Crippen molar-refractivity contribution in [3.63, 3.8) is 0 Å². The van der Waals surface area contributed by atoms with Crippen LogP contribution in [-0.4, -0.2) is 40.4 Å². The van der Waals surface area contributed by atoms with Crippen LogP contribution < -0.4 is 5.32 Å². The van der Waals surface area contributed by atoms with Gasteiger partial charge in [0, 0.05) is 19.9 Å². The third-order valence-electron chi connectivity index (χ3n) is 2.04. The van der Waals surface area contributed by atoms with Crippen molar-refractivity contribution in [2.75, 3.05) is 20.3 Å². The summed E-state index contributed by atoms with van der Waals surface area (Å²) in [6.45, 7) is 1.90. The molecule has 0 unspecified atom stereocenters. The van der Waals surface area contributed by atoms with Crippen molar-refractivity contribution >= 4 is 0 Å². The van der Waals surface area contributed by atoms with E-state index in [1.807, 2.05) is 0 Å². The Bertz CT molecular complexity index is 445. The number of methoxy groups -OCH3 is 1. The maximum absolute atomic E-state index is 5.07. The third kappa shape index (κ3) is 3.30. The van der Waals surface area contributed by atoms with E-state index in [9.17, 15) is 0 Å². The Balaban J connectivity index is 1.92. The van der Waals surface area contributed by atoms with Crippen molar-refractivity contribution in [2.24, 2.45) is 0 Å². The molecule has 0 fully saturated rings. The molecule has 90 valence electrons. The van der Waals surface area contributed by atoms with Gasteiger partial charge in [0.1, 0.15) is 12.0 Å². The van der Waals surface area contributed by atoms with Crippen LogP contribution in [0.25, 0.3) is 11.5 Å². The minimum absolute atomic E-state index is 0.468. The standard InChI is InChI=1S/C10H13N5O2/c1-16-5-4-11-6-9-14-10(15-17-9)8-2-3-12-7-13-8/h2-3,7,11H,4-6H2,1H3. The van der Waals surface area contributed by atoms with Crippen molar-refractivity contribution in [2.45, 2.75) is 6.54 Å². The van der Waals surface area contributed by atoms with Crippen LogP contribution in [0.2, 0.25) is 0 Å². The molecule has 0 aliphatic heterocycles. The molecule has 1 N–H and O–H groups in total. The van der Waals surface area contributed by atoms with E-state index >= 15 is 0 Å². The number of hydrogen-bond acceptors (Lipinski definition) is 7. The van der Waals surface area contributed by atoms with Crippen molar-refractivity contribution in [1.29, 1.82) is 0 Å². The van der Waals surface area contributed by atoms with Crippen molar-refractivity contribution < 1.29 is 9.26 Å². The van der Waals surface area contributed by atoms with Crippen LogP contribution in [0.15, 0.2) is 23.1 Å². The van der Waals surface area contributed by atoms with Crippen LogP contribution in [0.3, 0.4) is 0 Å². The lowest BCUT2D eigenvalue weighted by Gasteiger charge is -1.98. The first-order valence-electron chi connectivity index (χ1n) is 5.19. The van der Waals surface area contributed by atoms with Gasteiger partial charge in [-0.25, -0.2) is 9.97 Å². The van der Waals surface area contributed by atoms with Gasteiger partial charge in [0.25, 0.3) is 0 Å². The van der Waals surface area contributed by atoms with Gasteiger partial charge in [0.15, 0.2) is 0 Å². The largest absolute Gasteiger partial charge is 0.383 e.